The van der Waals surface area contributed by atoms with Gasteiger partial charge in [-0.15, -0.1) is 0 Å². The molecule has 0 radical (unpaired) electrons. The van der Waals surface area contributed by atoms with Crippen molar-refractivity contribution >= 4 is 35.2 Å². The Balaban J connectivity index is 1.47. The fourth-order valence-corrected chi connectivity index (χ4v) is 3.19. The number of benzene rings is 2. The molecule has 3 amide bonds. The van der Waals surface area contributed by atoms with Crippen LogP contribution < -0.4 is 10.1 Å². The Morgan fingerprint density at radius 2 is 1.67 bits per heavy atom. The number of halogens is 1. The normalized spacial score (nSPS) is 13.5. The average molecular weight is 432 g/mol. The van der Waals surface area contributed by atoms with E-state index in [1.807, 2.05) is 18.2 Å². The van der Waals surface area contributed by atoms with Crippen LogP contribution in [0.5, 0.6) is 5.75 Å². The number of nitrogens with zero attached hydrogens (tertiary/aromatic N) is 2. The number of piperazine rings is 1. The van der Waals surface area contributed by atoms with Gasteiger partial charge in [0.15, 0.2) is 6.61 Å². The van der Waals surface area contributed by atoms with Gasteiger partial charge in [-0.1, -0.05) is 29.8 Å². The molecule has 1 N–H and O–H groups in total. The second-order valence-electron chi connectivity index (χ2n) is 6.58. The predicted octanol–water partition coefficient (Wildman–Crippen LogP) is 2.88. The molecule has 0 atom stereocenters. The minimum Gasteiger partial charge on any atom is -0.496 e. The summed E-state index contributed by atoms with van der Waals surface area (Å²) in [5.41, 5.74) is 0.865. The van der Waals surface area contributed by atoms with Crippen molar-refractivity contribution in [2.75, 3.05) is 45.2 Å². The third-order valence-corrected chi connectivity index (χ3v) is 4.89. The van der Waals surface area contributed by atoms with Crippen molar-refractivity contribution in [1.29, 1.82) is 0 Å². The zero-order valence-corrected chi connectivity index (χ0v) is 17.2. The minimum absolute atomic E-state index is 0.153. The summed E-state index contributed by atoms with van der Waals surface area (Å²) in [6.45, 7) is 1.10. The van der Waals surface area contributed by atoms with Gasteiger partial charge in [-0.25, -0.2) is 9.59 Å². The number of nitrogens with one attached hydrogen (secondary N) is 1. The van der Waals surface area contributed by atoms with E-state index in [-0.39, 0.29) is 17.5 Å². The van der Waals surface area contributed by atoms with Crippen LogP contribution >= 0.6 is 11.6 Å². The van der Waals surface area contributed by atoms with Crippen molar-refractivity contribution in [1.82, 2.24) is 9.80 Å². The number of anilines is 1. The first-order valence-corrected chi connectivity index (χ1v) is 9.75. The molecular formula is C21H22ClN3O5. The molecule has 0 spiro atoms. The maximum Gasteiger partial charge on any atom is 0.342 e. The number of esters is 1. The molecule has 8 nitrogen and oxygen atoms in total. The lowest BCUT2D eigenvalue weighted by Crippen LogP contribution is -2.52. The van der Waals surface area contributed by atoms with Gasteiger partial charge >= 0.3 is 12.0 Å². The molecule has 0 unspecified atom stereocenters. The second kappa shape index (κ2) is 9.98. The zero-order valence-electron chi connectivity index (χ0n) is 16.5. The van der Waals surface area contributed by atoms with Crippen LogP contribution in [0.4, 0.5) is 10.5 Å². The Bertz CT molecular complexity index is 914. The van der Waals surface area contributed by atoms with Crippen LogP contribution in [-0.4, -0.2) is 67.6 Å². The summed E-state index contributed by atoms with van der Waals surface area (Å²) in [6, 6.07) is 13.5. The number of ether oxygens (including phenoxy) is 2. The van der Waals surface area contributed by atoms with Crippen molar-refractivity contribution < 1.29 is 23.9 Å². The van der Waals surface area contributed by atoms with Crippen molar-refractivity contribution in [2.45, 2.75) is 0 Å². The molecule has 158 valence electrons. The molecule has 1 saturated heterocycles. The standard InChI is InChI=1S/C21H22ClN3O5/c1-29-18-8-7-15(22)13-17(18)20(27)30-14-19(26)24-9-11-25(12-10-24)21(28)23-16-5-3-2-4-6-16/h2-8,13H,9-12,14H2,1H3,(H,23,28). The summed E-state index contributed by atoms with van der Waals surface area (Å²) in [4.78, 5) is 40.2. The summed E-state index contributed by atoms with van der Waals surface area (Å²) in [5.74, 6) is -0.703. The Kier molecular flexibility index (Phi) is 7.13. The summed E-state index contributed by atoms with van der Waals surface area (Å²) in [6.07, 6.45) is 0. The lowest BCUT2D eigenvalue weighted by molar-refractivity contribution is -0.135. The van der Waals surface area contributed by atoms with Crippen molar-refractivity contribution in [3.63, 3.8) is 0 Å². The van der Waals surface area contributed by atoms with Gasteiger partial charge in [-0.05, 0) is 30.3 Å². The third kappa shape index (κ3) is 5.42. The summed E-state index contributed by atoms with van der Waals surface area (Å²) < 4.78 is 10.3. The summed E-state index contributed by atoms with van der Waals surface area (Å²) in [7, 11) is 1.43. The van der Waals surface area contributed by atoms with E-state index in [1.54, 1.807) is 34.1 Å². The zero-order chi connectivity index (χ0) is 21.5. The van der Waals surface area contributed by atoms with Crippen molar-refractivity contribution in [2.24, 2.45) is 0 Å². The van der Waals surface area contributed by atoms with E-state index < -0.39 is 12.6 Å². The van der Waals surface area contributed by atoms with Gasteiger partial charge < -0.3 is 24.6 Å². The van der Waals surface area contributed by atoms with E-state index >= 15 is 0 Å². The van der Waals surface area contributed by atoms with E-state index in [0.717, 1.165) is 0 Å². The maximum absolute atomic E-state index is 12.4. The highest BCUT2D eigenvalue weighted by Crippen LogP contribution is 2.23. The molecule has 2 aromatic carbocycles. The van der Waals surface area contributed by atoms with Gasteiger partial charge in [0.1, 0.15) is 11.3 Å². The number of methoxy groups -OCH3 is 1. The van der Waals surface area contributed by atoms with E-state index in [9.17, 15) is 14.4 Å². The monoisotopic (exact) mass is 431 g/mol. The largest absolute Gasteiger partial charge is 0.496 e. The van der Waals surface area contributed by atoms with E-state index in [0.29, 0.717) is 42.6 Å². The number of carbonyl (C=O) groups excluding carboxylic acids is 3. The molecule has 3 rings (SSSR count). The van der Waals surface area contributed by atoms with Gasteiger partial charge in [-0.3, -0.25) is 4.79 Å². The van der Waals surface area contributed by atoms with Crippen LogP contribution in [0.1, 0.15) is 10.4 Å². The quantitative estimate of drug-likeness (QED) is 0.735. The topological polar surface area (TPSA) is 88.2 Å². The van der Waals surface area contributed by atoms with E-state index in [1.165, 1.54) is 13.2 Å². The van der Waals surface area contributed by atoms with Gasteiger partial charge in [0, 0.05) is 36.9 Å². The van der Waals surface area contributed by atoms with Crippen LogP contribution in [-0.2, 0) is 9.53 Å². The Labute approximate surface area is 179 Å². The maximum atomic E-state index is 12.4. The number of rotatable bonds is 5. The highest BCUT2D eigenvalue weighted by Gasteiger charge is 2.25. The Morgan fingerprint density at radius 3 is 2.33 bits per heavy atom. The average Bonchev–Trinajstić information content (AvgIpc) is 2.78. The molecule has 1 aliphatic rings. The lowest BCUT2D eigenvalue weighted by atomic mass is 10.2. The Hall–Kier alpha value is -3.26. The number of hydrogen-bond acceptors (Lipinski definition) is 5. The number of hydrogen-bond donors (Lipinski definition) is 1. The Morgan fingerprint density at radius 1 is 1.00 bits per heavy atom. The smallest absolute Gasteiger partial charge is 0.342 e. The summed E-state index contributed by atoms with van der Waals surface area (Å²) >= 11 is 5.92. The predicted molar refractivity (Wildman–Crippen MR) is 112 cm³/mol. The number of para-hydroxylation sites is 1. The second-order valence-corrected chi connectivity index (χ2v) is 7.02. The van der Waals surface area contributed by atoms with Gasteiger partial charge in [-0.2, -0.15) is 0 Å². The van der Waals surface area contributed by atoms with Crippen LogP contribution in [0.3, 0.4) is 0 Å². The first-order chi connectivity index (χ1) is 14.5. The molecule has 30 heavy (non-hydrogen) atoms. The van der Waals surface area contributed by atoms with Crippen LogP contribution in [0.15, 0.2) is 48.5 Å². The number of carbonyl (C=O) groups is 3. The lowest BCUT2D eigenvalue weighted by Gasteiger charge is -2.34. The van der Waals surface area contributed by atoms with Crippen molar-refractivity contribution in [3.8, 4) is 5.75 Å². The van der Waals surface area contributed by atoms with E-state index in [2.05, 4.69) is 5.32 Å². The van der Waals surface area contributed by atoms with Gasteiger partial charge in [0.2, 0.25) is 0 Å². The summed E-state index contributed by atoms with van der Waals surface area (Å²) in [5, 5.41) is 3.18. The highest BCUT2D eigenvalue weighted by molar-refractivity contribution is 6.31. The third-order valence-electron chi connectivity index (χ3n) is 4.65. The SMILES string of the molecule is COc1ccc(Cl)cc1C(=O)OCC(=O)N1CCN(C(=O)Nc2ccccc2)CC1. The molecule has 0 aliphatic carbocycles. The molecule has 0 bridgehead atoms. The number of urea groups is 1. The molecule has 1 fully saturated rings. The van der Waals surface area contributed by atoms with Crippen LogP contribution in [0, 0.1) is 0 Å². The molecule has 1 heterocycles. The van der Waals surface area contributed by atoms with Gasteiger partial charge in [0.05, 0.1) is 7.11 Å². The fourth-order valence-electron chi connectivity index (χ4n) is 3.02. The molecular weight excluding hydrogens is 410 g/mol. The van der Waals surface area contributed by atoms with Crippen molar-refractivity contribution in [3.05, 3.63) is 59.1 Å². The molecule has 0 saturated carbocycles. The number of amides is 3. The first kappa shape index (κ1) is 21.4. The first-order valence-electron chi connectivity index (χ1n) is 9.37. The molecule has 9 heteroatoms. The minimum atomic E-state index is -0.691. The molecule has 2 aromatic rings. The van der Waals surface area contributed by atoms with Crippen LogP contribution in [0.2, 0.25) is 5.02 Å². The molecule has 1 aliphatic heterocycles. The van der Waals surface area contributed by atoms with E-state index in [4.69, 9.17) is 21.1 Å². The molecule has 0 aromatic heterocycles. The highest BCUT2D eigenvalue weighted by atomic mass is 35.5. The fraction of sp³-hybridized carbons (Fsp3) is 0.286. The van der Waals surface area contributed by atoms with Gasteiger partial charge in [0.25, 0.3) is 5.91 Å². The van der Waals surface area contributed by atoms with Crippen LogP contribution in [0.25, 0.3) is 0 Å².